The number of hydrogen-bond donors (Lipinski definition) is 4. The van der Waals surface area contributed by atoms with Crippen LogP contribution in [0.4, 0.5) is 412 Å². The van der Waals surface area contributed by atoms with E-state index in [1.807, 2.05) is 96.4 Å². The van der Waals surface area contributed by atoms with Gasteiger partial charge in [0.1, 0.15) is 0 Å². The molecule has 0 fully saturated rings. The van der Waals surface area contributed by atoms with Crippen molar-refractivity contribution >= 4 is 12.4 Å². The average Bonchev–Trinajstić information content (AvgIpc) is 1.71. The number of aromatic nitrogens is 3. The third kappa shape index (κ3) is 736. The first-order chi connectivity index (χ1) is 66.5. The number of H-pyrrole nitrogens is 1. The van der Waals surface area contributed by atoms with Gasteiger partial charge >= 0.3 is 103 Å². The Labute approximate surface area is 769 Å². The number of amides is 1. The summed E-state index contributed by atoms with van der Waals surface area (Å²) in [4.78, 5) is 26.5. The number of halogens is 90. The molecule has 5 aromatic rings. The fourth-order valence-corrected chi connectivity index (χ4v) is 3.05. The summed E-state index contributed by atoms with van der Waals surface area (Å²) in [5.74, 6) is 6.16. The van der Waals surface area contributed by atoms with E-state index in [0.29, 0.717) is 17.7 Å². The number of aliphatic hydroxyl groups is 1. The Bertz CT molecular complexity index is 1550. The van der Waals surface area contributed by atoms with E-state index in [9.17, 15) is 4.79 Å². The molecule has 0 radical (unpaired) electrons. The van der Waals surface area contributed by atoms with E-state index in [1.165, 1.54) is 0 Å². The minimum Gasteiger partial charge on any atom is -1.00 e. The van der Waals surface area contributed by atoms with Gasteiger partial charge in [0.25, 0.3) is 12.4 Å². The minimum atomic E-state index is -0.263. The summed E-state index contributed by atoms with van der Waals surface area (Å²) in [6.45, 7) is 2.22. The van der Waals surface area contributed by atoms with Crippen molar-refractivity contribution in [1.29, 1.82) is 5.26 Å². The molecule has 0 saturated carbocycles. The number of nitrogens with two attached hydrogens (primary N) is 1. The van der Waals surface area contributed by atoms with Gasteiger partial charge in [-0.3, -0.25) is 20.1 Å². The molecule has 0 aliphatic carbocycles. The summed E-state index contributed by atoms with van der Waals surface area (Å²) in [5.41, 5.74) is 5.39. The van der Waals surface area contributed by atoms with Gasteiger partial charge in [-0.25, -0.2) is 10.8 Å². The fraction of sp³-hybridized carbons (Fsp3) is 0.121. The van der Waals surface area contributed by atoms with Gasteiger partial charge < -0.3 is 16.7 Å². The smallest absolute Gasteiger partial charge is 1.00 e. The number of aromatic amines is 1. The monoisotopic (exact) mass is 2380 g/mol. The third-order valence-electron chi connectivity index (χ3n) is 5.19. The van der Waals surface area contributed by atoms with Crippen molar-refractivity contribution in [3.05, 3.63) is 132 Å². The molecule has 0 saturated heterocycles. The van der Waals surface area contributed by atoms with Crippen LogP contribution in [0.2, 0.25) is 0 Å². The molecule has 5 rings (SSSR count). The first-order valence-corrected chi connectivity index (χ1v) is 19.8. The zero-order valence-corrected chi connectivity index (χ0v) is 66.5. The van der Waals surface area contributed by atoms with E-state index in [0.717, 1.165) is 35.6 Å². The van der Waals surface area contributed by atoms with Gasteiger partial charge in [-0.05, 0) is 30.7 Å². The summed E-state index contributed by atoms with van der Waals surface area (Å²) >= 11 is 0. The quantitative estimate of drug-likeness (QED) is 0.0244. The van der Waals surface area contributed by atoms with Crippen LogP contribution in [0.3, 0.4) is 0 Å². The molecule has 5 N–H and O–H groups in total. The second-order valence-corrected chi connectivity index (χ2v) is 8.33. The molecule has 0 spiro atoms. The first-order valence-electron chi connectivity index (χ1n) is 19.8. The van der Waals surface area contributed by atoms with Gasteiger partial charge in [-0.15, -0.1) is 0 Å². The first kappa shape index (κ1) is 315. The zero-order chi connectivity index (χ0) is 122. The Kier molecular flexibility index (Phi) is 2570. The van der Waals surface area contributed by atoms with Crippen molar-refractivity contribution in [2.24, 2.45) is 5.84 Å². The molecule has 0 unspecified atom stereocenters. The van der Waals surface area contributed by atoms with Gasteiger partial charge in [-0.1, -0.05) is 110 Å². The maximum Gasteiger partial charge on any atom is 1.00 e. The molecule has 0 aliphatic heterocycles. The Morgan fingerprint density at radius 2 is 0.485 bits per heavy atom. The topological polar surface area (TPSA) is 190 Å². The predicted molar refractivity (Wildman–Crippen MR) is 266 cm³/mol. The van der Waals surface area contributed by atoms with Gasteiger partial charge in [0.2, 0.25) is 0 Å². The zero-order valence-electron chi connectivity index (χ0n) is 61.3. The second kappa shape index (κ2) is 1110. The number of hydrogen-bond acceptors (Lipinski definition) is 9. The van der Waals surface area contributed by atoms with Crippen LogP contribution in [0, 0.1) is 11.3 Å². The molecule has 103 heteroatoms. The summed E-state index contributed by atoms with van der Waals surface area (Å²) in [6, 6.07) is 39.9. The van der Waals surface area contributed by atoms with E-state index in [-0.39, 0.29) is 117 Å². The molecule has 4 aromatic carbocycles. The maximum absolute atomic E-state index is 10.8. The molecule has 11 nitrogen and oxygen atoms in total. The Morgan fingerprint density at radius 3 is 0.610 bits per heavy atom. The minimum absolute atomic E-state index is 0. The van der Waals surface area contributed by atoms with Crippen LogP contribution >= 0.6 is 0 Å². The van der Waals surface area contributed by atoms with Crippen LogP contribution < -0.4 is 119 Å². The molecule has 136 heavy (non-hydrogen) atoms. The molecule has 860 valence electrons. The molecule has 1 amide bonds. The van der Waals surface area contributed by atoms with Crippen molar-refractivity contribution < 1.29 is 541 Å². The Hall–Kier alpha value is -8.70. The number of carbonyl (C=O) groups excluding carboxylic acids is 2. The maximum atomic E-state index is 10.8. The van der Waals surface area contributed by atoms with E-state index in [1.54, 1.807) is 36.4 Å². The summed E-state index contributed by atoms with van der Waals surface area (Å²) in [7, 11) is 0. The standard InChI is InChI=1S/C14H11N3.C7H8N2O.C7H5N.C4H10O.CH2O3.45F2.2K.H/c1-3-7-11(8-4-1)13-15-14(17-16-13)12-9-5-2-6-10-12;8-9-7(10)6-4-2-1-3-5-6;8-6-7-4-2-1-3-5-7;1-2-3-4-5;2-1-4-3;45*1-2;;;/h1-10H,(H,15,16,17);1-5H,8H2,(H,9,10);1-5H;5H,2-4H2,1H3;1,3H;;;;;;;;;;;;;;;;;;;;;;;;;;;;;;;;;;;;;;;;;;;;;;;;/q;;;;;;;;;;;;;;;;;;;;;;;;;;;;;;;;;;;;;;;;;;;;;;;;;;2*+1;-1/p-1. The number of nitriles is 1. The Balaban J connectivity index is -0.0000000133. The van der Waals surface area contributed by atoms with E-state index in [2.05, 4.69) is 27.0 Å². The van der Waals surface area contributed by atoms with E-state index in [4.69, 9.17) is 438 Å². The van der Waals surface area contributed by atoms with Crippen molar-refractivity contribution in [3.8, 4) is 28.8 Å². The molecule has 1 aromatic heterocycles. The van der Waals surface area contributed by atoms with E-state index < -0.39 is 0 Å². The number of carbonyl (C=O) groups is 2. The van der Waals surface area contributed by atoms with Crippen LogP contribution in [0.1, 0.15) is 37.1 Å². The van der Waals surface area contributed by atoms with Crippen molar-refractivity contribution in [1.82, 2.24) is 20.6 Å². The molecular weight excluding hydrogens is 2350 g/mol. The van der Waals surface area contributed by atoms with Crippen LogP contribution in [-0.2, 0) is 9.68 Å². The van der Waals surface area contributed by atoms with Gasteiger partial charge in [0, 0.05) is 435 Å². The van der Waals surface area contributed by atoms with Crippen molar-refractivity contribution in [2.75, 3.05) is 6.61 Å². The molecule has 0 bridgehead atoms. The van der Waals surface area contributed by atoms with Crippen molar-refractivity contribution in [3.63, 3.8) is 0 Å². The van der Waals surface area contributed by atoms with E-state index >= 15 is 0 Å². The molecule has 0 aliphatic rings. The van der Waals surface area contributed by atoms with Crippen molar-refractivity contribution in [2.45, 2.75) is 19.8 Å². The number of rotatable bonds is 6. The number of nitrogens with zero attached hydrogens (tertiary/aromatic N) is 3. The summed E-state index contributed by atoms with van der Waals surface area (Å²) < 4.78 is 720. The molecular formula is C33H36F90K2N6O5. The summed E-state index contributed by atoms with van der Waals surface area (Å²) in [5, 5.41) is 32.0. The van der Waals surface area contributed by atoms with Crippen LogP contribution in [-0.4, -0.2) is 39.3 Å². The SMILES string of the molecule is CCCCO.FF.FF.FF.FF.FF.FF.FF.FF.FF.FF.FF.FF.FF.FF.FF.FF.FF.FF.FF.FF.FF.FF.FF.FF.FF.FF.FF.FF.FF.FF.FF.FF.FF.FF.FF.FF.FF.FF.FF.FF.FF.FF.FF.FF.FF.N#Cc1ccccc1.NNC(=O)c1ccccc1.O=CO[O-].[H-].[K+].[K+].c1ccc(-c2n[nH]c(-c3ccccc3)n2)cc1. The van der Waals surface area contributed by atoms with Gasteiger partial charge in [-0.2, -0.15) is 10.4 Å². The second-order valence-electron chi connectivity index (χ2n) is 8.33. The number of unbranched alkanes of at least 4 members (excludes halogenated alkanes) is 1. The van der Waals surface area contributed by atoms with Gasteiger partial charge in [0.15, 0.2) is 11.6 Å². The number of nitrogen functional groups attached to an aromatic ring is 1. The number of hydrazine groups is 1. The third-order valence-corrected chi connectivity index (χ3v) is 5.19. The van der Waals surface area contributed by atoms with Crippen LogP contribution in [0.25, 0.3) is 22.8 Å². The Morgan fingerprint density at radius 1 is 0.331 bits per heavy atom. The van der Waals surface area contributed by atoms with Crippen LogP contribution in [0.15, 0.2) is 121 Å². The largest absolute Gasteiger partial charge is 1.00 e. The number of aliphatic hydroxyl groups excluding tert-OH is 1. The normalized spacial score (nSPS) is 4.86. The predicted octanol–water partition coefficient (Wildman–Crippen LogP) is 36.1. The summed E-state index contributed by atoms with van der Waals surface area (Å²) in [6.07, 6.45) is 2.04. The number of nitrogens with one attached hydrogen (secondary N) is 2. The fourth-order valence-electron chi connectivity index (χ4n) is 3.05. The molecule has 0 atom stereocenters. The van der Waals surface area contributed by atoms with Gasteiger partial charge in [0.05, 0.1) is 11.6 Å². The molecule has 1 heterocycles. The average molecular weight is 2380 g/mol. The number of benzene rings is 4. The van der Waals surface area contributed by atoms with Crippen LogP contribution in [0.5, 0.6) is 0 Å².